The summed E-state index contributed by atoms with van der Waals surface area (Å²) >= 11 is 1.35. The second kappa shape index (κ2) is 9.95. The molecule has 8 heteroatoms. The molecule has 1 fully saturated rings. The van der Waals surface area contributed by atoms with Gasteiger partial charge in [-0.2, -0.15) is 0 Å². The van der Waals surface area contributed by atoms with E-state index in [-0.39, 0.29) is 17.4 Å². The lowest BCUT2D eigenvalue weighted by atomic mass is 9.94. The Labute approximate surface area is 236 Å². The Kier molecular flexibility index (Phi) is 6.43. The summed E-state index contributed by atoms with van der Waals surface area (Å²) in [5.41, 5.74) is 4.87. The molecule has 4 aromatic rings. The molecule has 40 heavy (non-hydrogen) atoms. The molecule has 1 saturated heterocycles. The minimum absolute atomic E-state index is 0.00458. The highest BCUT2D eigenvalue weighted by Crippen LogP contribution is 2.45. The number of aliphatic hydroxyl groups is 1. The normalized spacial score (nSPS) is 19.6. The number of carbonyl (C=O) groups excluding carboxylic acids is 2. The SMILES string of the molecule is C=CCOc1cccc(C2C(=C(O)c3ccc4c(c3)CC(C)O4)C(=O)C(=O)N2c2nc3c(C)cc(C)cc3s2)c1. The van der Waals surface area contributed by atoms with Gasteiger partial charge >= 0.3 is 5.91 Å². The number of aliphatic hydroxyl groups excluding tert-OH is 1. The van der Waals surface area contributed by atoms with Gasteiger partial charge in [-0.3, -0.25) is 14.5 Å². The third kappa shape index (κ3) is 4.34. The molecule has 0 spiro atoms. The number of hydrogen-bond acceptors (Lipinski definition) is 7. The summed E-state index contributed by atoms with van der Waals surface area (Å²) in [5, 5.41) is 12.0. The lowest BCUT2D eigenvalue weighted by Gasteiger charge is -2.23. The summed E-state index contributed by atoms with van der Waals surface area (Å²) < 4.78 is 12.5. The lowest BCUT2D eigenvalue weighted by Crippen LogP contribution is -2.29. The van der Waals surface area contributed by atoms with Crippen molar-refractivity contribution in [1.82, 2.24) is 4.98 Å². The highest BCUT2D eigenvalue weighted by molar-refractivity contribution is 7.22. The third-order valence-corrected chi connectivity index (χ3v) is 8.18. The highest BCUT2D eigenvalue weighted by atomic mass is 32.1. The van der Waals surface area contributed by atoms with Crippen LogP contribution in [0.3, 0.4) is 0 Å². The minimum atomic E-state index is -0.905. The van der Waals surface area contributed by atoms with Crippen molar-refractivity contribution in [3.8, 4) is 11.5 Å². The van der Waals surface area contributed by atoms with Crippen LogP contribution in [0.2, 0.25) is 0 Å². The molecule has 202 valence electrons. The van der Waals surface area contributed by atoms with E-state index in [4.69, 9.17) is 14.5 Å². The van der Waals surface area contributed by atoms with E-state index >= 15 is 0 Å². The molecule has 2 atom stereocenters. The molecule has 3 aromatic carbocycles. The molecule has 0 bridgehead atoms. The average Bonchev–Trinajstić information content (AvgIpc) is 3.59. The molecule has 2 aliphatic heterocycles. The average molecular weight is 553 g/mol. The van der Waals surface area contributed by atoms with Crippen LogP contribution in [0.15, 0.2) is 72.8 Å². The number of ketones is 1. The largest absolute Gasteiger partial charge is 0.507 e. The van der Waals surface area contributed by atoms with Gasteiger partial charge in [0.1, 0.15) is 30.0 Å². The van der Waals surface area contributed by atoms with Crippen molar-refractivity contribution in [3.05, 3.63) is 101 Å². The first kappa shape index (κ1) is 25.8. The predicted molar refractivity (Wildman–Crippen MR) is 156 cm³/mol. The first-order valence-electron chi connectivity index (χ1n) is 13.1. The Morgan fingerprint density at radius 3 is 2.83 bits per heavy atom. The fraction of sp³-hybridized carbons (Fsp3) is 0.219. The summed E-state index contributed by atoms with van der Waals surface area (Å²) in [4.78, 5) is 33.5. The number of hydrogen-bond donors (Lipinski definition) is 1. The summed E-state index contributed by atoms with van der Waals surface area (Å²) in [6, 6.07) is 15.7. The molecule has 6 rings (SSSR count). The van der Waals surface area contributed by atoms with Crippen molar-refractivity contribution >= 4 is 44.1 Å². The first-order chi connectivity index (χ1) is 19.2. The van der Waals surface area contributed by atoms with Crippen LogP contribution in [-0.4, -0.2) is 34.5 Å². The van der Waals surface area contributed by atoms with Gasteiger partial charge in [-0.1, -0.05) is 42.2 Å². The van der Waals surface area contributed by atoms with Crippen molar-refractivity contribution in [2.24, 2.45) is 0 Å². The van der Waals surface area contributed by atoms with Gasteiger partial charge in [0.15, 0.2) is 5.13 Å². The number of nitrogens with zero attached hydrogens (tertiary/aromatic N) is 2. The molecule has 2 unspecified atom stereocenters. The fourth-order valence-electron chi connectivity index (χ4n) is 5.46. The van der Waals surface area contributed by atoms with Crippen molar-refractivity contribution < 1.29 is 24.2 Å². The Morgan fingerprint density at radius 1 is 1.20 bits per heavy atom. The van der Waals surface area contributed by atoms with Gasteiger partial charge in [-0.05, 0) is 79.4 Å². The van der Waals surface area contributed by atoms with E-state index in [0.717, 1.165) is 32.7 Å². The number of ether oxygens (including phenoxy) is 2. The molecular formula is C32H28N2O5S. The van der Waals surface area contributed by atoms with Gasteiger partial charge in [-0.25, -0.2) is 4.98 Å². The van der Waals surface area contributed by atoms with Crippen LogP contribution < -0.4 is 14.4 Å². The Bertz CT molecular complexity index is 1740. The maximum Gasteiger partial charge on any atom is 0.301 e. The molecule has 1 amide bonds. The number of amides is 1. The van der Waals surface area contributed by atoms with Gasteiger partial charge in [0, 0.05) is 12.0 Å². The molecule has 2 aliphatic rings. The van der Waals surface area contributed by atoms with E-state index < -0.39 is 17.7 Å². The number of carbonyl (C=O) groups is 2. The van der Waals surface area contributed by atoms with Gasteiger partial charge in [0.2, 0.25) is 0 Å². The first-order valence-corrected chi connectivity index (χ1v) is 13.9. The smallest absolute Gasteiger partial charge is 0.301 e. The molecule has 0 saturated carbocycles. The molecule has 0 aliphatic carbocycles. The fourth-order valence-corrected chi connectivity index (χ4v) is 6.63. The van der Waals surface area contributed by atoms with E-state index in [1.807, 2.05) is 45.0 Å². The predicted octanol–water partition coefficient (Wildman–Crippen LogP) is 6.43. The van der Waals surface area contributed by atoms with Crippen LogP contribution in [0.25, 0.3) is 16.0 Å². The Morgan fingerprint density at radius 2 is 2.02 bits per heavy atom. The van der Waals surface area contributed by atoms with Gasteiger partial charge in [0.25, 0.3) is 5.78 Å². The number of benzene rings is 3. The molecule has 0 radical (unpaired) electrons. The van der Waals surface area contributed by atoms with Crippen molar-refractivity contribution in [2.75, 3.05) is 11.5 Å². The maximum absolute atomic E-state index is 13.7. The number of aryl methyl sites for hydroxylation is 2. The van der Waals surface area contributed by atoms with Gasteiger partial charge < -0.3 is 14.6 Å². The highest BCUT2D eigenvalue weighted by Gasteiger charge is 2.48. The van der Waals surface area contributed by atoms with Crippen LogP contribution >= 0.6 is 11.3 Å². The number of anilines is 1. The van der Waals surface area contributed by atoms with E-state index in [9.17, 15) is 14.7 Å². The lowest BCUT2D eigenvalue weighted by molar-refractivity contribution is -0.132. The number of Topliss-reactive ketones (excluding diaryl/α,β-unsaturated/α-hetero) is 1. The maximum atomic E-state index is 13.7. The van der Waals surface area contributed by atoms with E-state index in [1.54, 1.807) is 36.4 Å². The zero-order valence-corrected chi connectivity index (χ0v) is 23.2. The summed E-state index contributed by atoms with van der Waals surface area (Å²) in [5.74, 6) is -0.429. The second-order valence-corrected chi connectivity index (χ2v) is 11.2. The van der Waals surface area contributed by atoms with Crippen LogP contribution in [0.5, 0.6) is 11.5 Å². The van der Waals surface area contributed by atoms with Crippen LogP contribution in [-0.2, 0) is 16.0 Å². The molecule has 1 aromatic heterocycles. The van der Waals surface area contributed by atoms with Crippen LogP contribution in [0, 0.1) is 13.8 Å². The van der Waals surface area contributed by atoms with Crippen molar-refractivity contribution in [1.29, 1.82) is 0 Å². The number of thiazole rings is 1. The van der Waals surface area contributed by atoms with Crippen LogP contribution in [0.1, 0.15) is 40.8 Å². The van der Waals surface area contributed by atoms with Gasteiger partial charge in [0.05, 0.1) is 21.8 Å². The number of rotatable bonds is 6. The zero-order valence-electron chi connectivity index (χ0n) is 22.4. The molecule has 1 N–H and O–H groups in total. The summed E-state index contributed by atoms with van der Waals surface area (Å²) in [6.45, 7) is 9.97. The second-order valence-electron chi connectivity index (χ2n) is 10.2. The van der Waals surface area contributed by atoms with Crippen molar-refractivity contribution in [3.63, 3.8) is 0 Å². The zero-order chi connectivity index (χ0) is 28.1. The quantitative estimate of drug-likeness (QED) is 0.128. The standard InChI is InChI=1S/C32H28N2O5S/c1-5-11-38-23-8-6-7-20(16-23)28-26(29(35)21-9-10-24-22(15-21)14-19(4)39-24)30(36)31(37)34(28)32-33-27-18(3)12-17(2)13-25(27)40-32/h5-10,12-13,15-16,19,28,35H,1,11,14H2,2-4H3. The monoisotopic (exact) mass is 552 g/mol. The summed E-state index contributed by atoms with van der Waals surface area (Å²) in [7, 11) is 0. The summed E-state index contributed by atoms with van der Waals surface area (Å²) in [6.07, 6.45) is 2.37. The topological polar surface area (TPSA) is 89.0 Å². The minimum Gasteiger partial charge on any atom is -0.507 e. The Balaban J connectivity index is 1.54. The third-order valence-electron chi connectivity index (χ3n) is 7.18. The molecule has 3 heterocycles. The number of fused-ring (bicyclic) bond motifs is 2. The number of aromatic nitrogens is 1. The van der Waals surface area contributed by atoms with Crippen molar-refractivity contribution in [2.45, 2.75) is 39.3 Å². The molecule has 7 nitrogen and oxygen atoms in total. The van der Waals surface area contributed by atoms with E-state index in [0.29, 0.717) is 35.0 Å². The van der Waals surface area contributed by atoms with E-state index in [2.05, 4.69) is 6.58 Å². The Hall–Kier alpha value is -4.43. The van der Waals surface area contributed by atoms with Gasteiger partial charge in [-0.15, -0.1) is 0 Å². The van der Waals surface area contributed by atoms with E-state index in [1.165, 1.54) is 16.2 Å². The van der Waals surface area contributed by atoms with Crippen LogP contribution in [0.4, 0.5) is 5.13 Å². The molecular weight excluding hydrogens is 524 g/mol.